The first-order valence-corrected chi connectivity index (χ1v) is 12.4. The Morgan fingerprint density at radius 2 is 1.79 bits per heavy atom. The number of hydrogen-bond donors (Lipinski definition) is 1. The van der Waals surface area contributed by atoms with Crippen molar-refractivity contribution in [1.82, 2.24) is 10.2 Å². The van der Waals surface area contributed by atoms with Crippen molar-refractivity contribution in [1.29, 1.82) is 0 Å². The number of carbonyl (C=O) groups excluding carboxylic acids is 2. The normalized spacial score (nSPS) is 15.0. The number of halogens is 3. The summed E-state index contributed by atoms with van der Waals surface area (Å²) in [4.78, 5) is 28.1. The second-order valence-corrected chi connectivity index (χ2v) is 9.49. The highest BCUT2D eigenvalue weighted by Gasteiger charge is 2.31. The van der Waals surface area contributed by atoms with Gasteiger partial charge in [0, 0.05) is 22.6 Å². The van der Waals surface area contributed by atoms with Gasteiger partial charge in [-0.1, -0.05) is 79.2 Å². The van der Waals surface area contributed by atoms with Crippen LogP contribution in [-0.2, 0) is 16.1 Å². The Morgan fingerprint density at radius 1 is 1.06 bits per heavy atom. The molecule has 1 atom stereocenters. The molecule has 2 amide bonds. The van der Waals surface area contributed by atoms with Crippen molar-refractivity contribution in [3.05, 3.63) is 63.1 Å². The van der Waals surface area contributed by atoms with E-state index >= 15 is 0 Å². The maximum atomic E-state index is 13.3. The van der Waals surface area contributed by atoms with E-state index in [9.17, 15) is 9.59 Å². The molecule has 5 nitrogen and oxygen atoms in total. The van der Waals surface area contributed by atoms with Crippen LogP contribution < -0.4 is 10.1 Å². The fraction of sp³-hybridized carbons (Fsp3) is 0.440. The summed E-state index contributed by atoms with van der Waals surface area (Å²) in [7, 11) is 0. The number of rotatable bonds is 9. The van der Waals surface area contributed by atoms with E-state index in [1.54, 1.807) is 29.2 Å². The maximum absolute atomic E-state index is 13.3. The first kappa shape index (κ1) is 25.7. The average molecular weight is 512 g/mol. The van der Waals surface area contributed by atoms with Gasteiger partial charge in [0.05, 0.1) is 5.02 Å². The van der Waals surface area contributed by atoms with Crippen LogP contribution in [0.4, 0.5) is 0 Å². The minimum absolute atomic E-state index is 0.144. The van der Waals surface area contributed by atoms with Crippen LogP contribution in [0.5, 0.6) is 5.75 Å². The molecule has 0 saturated heterocycles. The zero-order valence-electron chi connectivity index (χ0n) is 18.7. The Hall–Kier alpha value is -1.95. The summed E-state index contributed by atoms with van der Waals surface area (Å²) in [5, 5.41) is 4.48. The zero-order chi connectivity index (χ0) is 23.8. The van der Waals surface area contributed by atoms with Gasteiger partial charge in [-0.2, -0.15) is 0 Å². The van der Waals surface area contributed by atoms with Crippen molar-refractivity contribution < 1.29 is 14.3 Å². The molecule has 2 aromatic rings. The maximum Gasteiger partial charge on any atom is 0.261 e. The number of nitrogens with zero attached hydrogens (tertiary/aromatic N) is 1. The predicted molar refractivity (Wildman–Crippen MR) is 133 cm³/mol. The average Bonchev–Trinajstić information content (AvgIpc) is 2.80. The summed E-state index contributed by atoms with van der Waals surface area (Å²) in [5.74, 6) is -0.118. The summed E-state index contributed by atoms with van der Waals surface area (Å²) in [5.41, 5.74) is 0.765. The molecule has 2 aromatic carbocycles. The second-order valence-electron chi connectivity index (χ2n) is 8.24. The Balaban J connectivity index is 1.78. The highest BCUT2D eigenvalue weighted by molar-refractivity contribution is 6.35. The van der Waals surface area contributed by atoms with E-state index in [2.05, 4.69) is 5.32 Å². The van der Waals surface area contributed by atoms with Crippen molar-refractivity contribution in [2.45, 2.75) is 64.1 Å². The molecule has 1 N–H and O–H groups in total. The van der Waals surface area contributed by atoms with E-state index in [1.165, 1.54) is 6.42 Å². The molecular formula is C25H29Cl3N2O3. The lowest BCUT2D eigenvalue weighted by atomic mass is 9.95. The summed E-state index contributed by atoms with van der Waals surface area (Å²) >= 11 is 18.5. The molecule has 0 unspecified atom stereocenters. The van der Waals surface area contributed by atoms with Crippen LogP contribution in [0.15, 0.2) is 42.5 Å². The standard InChI is InChI=1S/C25H29Cl3N2O3/c1-2-22(25(32)29-19-9-4-3-5-10-19)30(15-17-8-6-7-11-20(17)27)24(31)16-33-23-13-12-18(26)14-21(23)28/h6-8,11-14,19,22H,2-5,9-10,15-16H2,1H3,(H,29,32)/t22-/m0/s1. The van der Waals surface area contributed by atoms with Crippen LogP contribution in [0.1, 0.15) is 51.0 Å². The van der Waals surface area contributed by atoms with Crippen LogP contribution >= 0.6 is 34.8 Å². The van der Waals surface area contributed by atoms with E-state index in [0.717, 1.165) is 31.2 Å². The number of carbonyl (C=O) groups is 2. The molecule has 1 fully saturated rings. The molecule has 1 aliphatic rings. The fourth-order valence-electron chi connectivity index (χ4n) is 4.09. The van der Waals surface area contributed by atoms with Gasteiger partial charge in [0.25, 0.3) is 5.91 Å². The number of hydrogen-bond acceptors (Lipinski definition) is 3. The molecule has 0 aromatic heterocycles. The van der Waals surface area contributed by atoms with Gasteiger partial charge in [-0.25, -0.2) is 0 Å². The number of ether oxygens (including phenoxy) is 1. The van der Waals surface area contributed by atoms with Gasteiger partial charge < -0.3 is 15.0 Å². The van der Waals surface area contributed by atoms with E-state index in [0.29, 0.717) is 27.2 Å². The molecule has 0 spiro atoms. The summed E-state index contributed by atoms with van der Waals surface area (Å²) in [6.45, 7) is 1.83. The van der Waals surface area contributed by atoms with E-state index in [4.69, 9.17) is 39.5 Å². The molecule has 3 rings (SSSR count). The van der Waals surface area contributed by atoms with Crippen LogP contribution in [0.2, 0.25) is 15.1 Å². The van der Waals surface area contributed by atoms with Crippen LogP contribution in [0.3, 0.4) is 0 Å². The second kappa shape index (κ2) is 12.5. The largest absolute Gasteiger partial charge is 0.482 e. The molecule has 0 bridgehead atoms. The highest BCUT2D eigenvalue weighted by atomic mass is 35.5. The van der Waals surface area contributed by atoms with Gasteiger partial charge in [-0.3, -0.25) is 9.59 Å². The minimum Gasteiger partial charge on any atom is -0.482 e. The van der Waals surface area contributed by atoms with Crippen molar-refractivity contribution in [2.75, 3.05) is 6.61 Å². The topological polar surface area (TPSA) is 58.6 Å². The molecule has 0 aliphatic heterocycles. The summed E-state index contributed by atoms with van der Waals surface area (Å²) in [6.07, 6.45) is 5.83. The van der Waals surface area contributed by atoms with Crippen molar-refractivity contribution in [2.24, 2.45) is 0 Å². The SMILES string of the molecule is CC[C@@H](C(=O)NC1CCCCC1)N(Cc1ccccc1Cl)C(=O)COc1ccc(Cl)cc1Cl. The lowest BCUT2D eigenvalue weighted by molar-refractivity contribution is -0.143. The molecule has 0 heterocycles. The molecule has 8 heteroatoms. The smallest absolute Gasteiger partial charge is 0.261 e. The van der Waals surface area contributed by atoms with Crippen LogP contribution in [-0.4, -0.2) is 35.4 Å². The van der Waals surface area contributed by atoms with Crippen LogP contribution in [0, 0.1) is 0 Å². The van der Waals surface area contributed by atoms with Gasteiger partial charge in [-0.15, -0.1) is 0 Å². The first-order chi connectivity index (χ1) is 15.9. The van der Waals surface area contributed by atoms with E-state index < -0.39 is 6.04 Å². The van der Waals surface area contributed by atoms with E-state index in [-0.39, 0.29) is 31.0 Å². The van der Waals surface area contributed by atoms with Crippen molar-refractivity contribution in [3.8, 4) is 5.75 Å². The molecule has 178 valence electrons. The zero-order valence-corrected chi connectivity index (χ0v) is 20.9. The van der Waals surface area contributed by atoms with Crippen molar-refractivity contribution >= 4 is 46.6 Å². The minimum atomic E-state index is -0.639. The van der Waals surface area contributed by atoms with Crippen molar-refractivity contribution in [3.63, 3.8) is 0 Å². The number of benzene rings is 2. The molecule has 0 radical (unpaired) electrons. The van der Waals surface area contributed by atoms with Gasteiger partial charge in [-0.05, 0) is 49.1 Å². The summed E-state index contributed by atoms with van der Waals surface area (Å²) in [6, 6.07) is 11.6. The Labute approximate surface area is 210 Å². The lowest BCUT2D eigenvalue weighted by Gasteiger charge is -2.33. The Morgan fingerprint density at radius 3 is 2.45 bits per heavy atom. The number of amides is 2. The molecule has 33 heavy (non-hydrogen) atoms. The van der Waals surface area contributed by atoms with E-state index in [1.807, 2.05) is 25.1 Å². The third kappa shape index (κ3) is 7.26. The fourth-order valence-corrected chi connectivity index (χ4v) is 4.75. The van der Waals surface area contributed by atoms with Gasteiger partial charge in [0.1, 0.15) is 11.8 Å². The molecule has 1 saturated carbocycles. The predicted octanol–water partition coefficient (Wildman–Crippen LogP) is 6.28. The molecule has 1 aliphatic carbocycles. The van der Waals surface area contributed by atoms with Gasteiger partial charge in [0.2, 0.25) is 5.91 Å². The molecular weight excluding hydrogens is 483 g/mol. The van der Waals surface area contributed by atoms with Gasteiger partial charge >= 0.3 is 0 Å². The van der Waals surface area contributed by atoms with Gasteiger partial charge in [0.15, 0.2) is 6.61 Å². The third-order valence-electron chi connectivity index (χ3n) is 5.88. The third-order valence-corrected chi connectivity index (χ3v) is 6.78. The lowest BCUT2D eigenvalue weighted by Crippen LogP contribution is -2.52. The first-order valence-electron chi connectivity index (χ1n) is 11.3. The Kier molecular flexibility index (Phi) is 9.72. The quantitative estimate of drug-likeness (QED) is 0.431. The highest BCUT2D eigenvalue weighted by Crippen LogP contribution is 2.28. The monoisotopic (exact) mass is 510 g/mol. The number of nitrogens with one attached hydrogen (secondary N) is 1. The Bertz CT molecular complexity index is 964. The van der Waals surface area contributed by atoms with Crippen LogP contribution in [0.25, 0.3) is 0 Å². The summed E-state index contributed by atoms with van der Waals surface area (Å²) < 4.78 is 5.68.